The van der Waals surface area contributed by atoms with Gasteiger partial charge in [-0.15, -0.1) is 0 Å². The summed E-state index contributed by atoms with van der Waals surface area (Å²) in [7, 11) is 0. The highest BCUT2D eigenvalue weighted by Gasteiger charge is 2.48. The van der Waals surface area contributed by atoms with Crippen molar-refractivity contribution in [2.45, 2.75) is 39.2 Å². The molecule has 2 nitrogen and oxygen atoms in total. The maximum absolute atomic E-state index is 13.7. The SMILES string of the molecule is CC(C)(C)C(=O)NC1(c2ccc(F)cc2F)CC1. The van der Waals surface area contributed by atoms with Crippen LogP contribution in [-0.4, -0.2) is 5.91 Å². The van der Waals surface area contributed by atoms with Crippen LogP contribution in [0.1, 0.15) is 39.2 Å². The van der Waals surface area contributed by atoms with Crippen LogP contribution < -0.4 is 5.32 Å². The molecule has 0 bridgehead atoms. The van der Waals surface area contributed by atoms with E-state index in [1.807, 2.05) is 0 Å². The van der Waals surface area contributed by atoms with Gasteiger partial charge < -0.3 is 5.32 Å². The Labute approximate surface area is 105 Å². The zero-order valence-electron chi connectivity index (χ0n) is 10.8. The van der Waals surface area contributed by atoms with Crippen LogP contribution in [0, 0.1) is 17.0 Å². The van der Waals surface area contributed by atoms with E-state index in [9.17, 15) is 13.6 Å². The summed E-state index contributed by atoms with van der Waals surface area (Å²) in [6.45, 7) is 5.41. The van der Waals surface area contributed by atoms with Crippen molar-refractivity contribution in [1.29, 1.82) is 0 Å². The van der Waals surface area contributed by atoms with Crippen molar-refractivity contribution >= 4 is 5.91 Å². The molecule has 0 radical (unpaired) electrons. The molecule has 1 aliphatic rings. The maximum Gasteiger partial charge on any atom is 0.226 e. The number of carbonyl (C=O) groups excluding carboxylic acids is 1. The average molecular weight is 253 g/mol. The standard InChI is InChI=1S/C14H17F2NO/c1-13(2,3)12(18)17-14(6-7-14)10-5-4-9(15)8-11(10)16/h4-5,8H,6-7H2,1-3H3,(H,17,18). The molecule has 0 saturated heterocycles. The second kappa shape index (κ2) is 4.04. The fourth-order valence-electron chi connectivity index (χ4n) is 1.87. The summed E-state index contributed by atoms with van der Waals surface area (Å²) in [6.07, 6.45) is 1.38. The van der Waals surface area contributed by atoms with Crippen molar-refractivity contribution in [2.75, 3.05) is 0 Å². The van der Waals surface area contributed by atoms with Gasteiger partial charge in [0.2, 0.25) is 5.91 Å². The summed E-state index contributed by atoms with van der Waals surface area (Å²) < 4.78 is 26.6. The number of hydrogen-bond acceptors (Lipinski definition) is 1. The van der Waals surface area contributed by atoms with Crippen LogP contribution in [0.4, 0.5) is 8.78 Å². The zero-order valence-corrected chi connectivity index (χ0v) is 10.8. The molecular weight excluding hydrogens is 236 g/mol. The molecule has 1 saturated carbocycles. The Morgan fingerprint density at radius 3 is 2.33 bits per heavy atom. The lowest BCUT2D eigenvalue weighted by Gasteiger charge is -2.24. The van der Waals surface area contributed by atoms with Gasteiger partial charge in [0.05, 0.1) is 5.54 Å². The van der Waals surface area contributed by atoms with Crippen molar-refractivity contribution in [3.8, 4) is 0 Å². The fraction of sp³-hybridized carbons (Fsp3) is 0.500. The first-order chi connectivity index (χ1) is 8.24. The smallest absolute Gasteiger partial charge is 0.226 e. The zero-order chi connectivity index (χ0) is 13.6. The number of rotatable bonds is 2. The Morgan fingerprint density at radius 1 is 1.28 bits per heavy atom. The van der Waals surface area contributed by atoms with Crippen LogP contribution in [-0.2, 0) is 10.3 Å². The molecule has 0 atom stereocenters. The van der Waals surface area contributed by atoms with Gasteiger partial charge in [-0.1, -0.05) is 26.8 Å². The van der Waals surface area contributed by atoms with E-state index in [4.69, 9.17) is 0 Å². The third-order valence-electron chi connectivity index (χ3n) is 3.23. The lowest BCUT2D eigenvalue weighted by Crippen LogP contribution is -2.42. The average Bonchev–Trinajstić information content (AvgIpc) is 2.96. The van der Waals surface area contributed by atoms with Crippen molar-refractivity contribution in [2.24, 2.45) is 5.41 Å². The first-order valence-corrected chi connectivity index (χ1v) is 6.03. The van der Waals surface area contributed by atoms with Crippen molar-refractivity contribution < 1.29 is 13.6 Å². The Morgan fingerprint density at radius 2 is 1.89 bits per heavy atom. The summed E-state index contributed by atoms with van der Waals surface area (Å²) in [5.74, 6) is -1.32. The molecule has 0 aromatic heterocycles. The number of halogens is 2. The maximum atomic E-state index is 13.7. The van der Waals surface area contributed by atoms with E-state index in [1.54, 1.807) is 20.8 Å². The topological polar surface area (TPSA) is 29.1 Å². The minimum absolute atomic E-state index is 0.122. The lowest BCUT2D eigenvalue weighted by molar-refractivity contribution is -0.129. The van der Waals surface area contributed by atoms with Gasteiger partial charge >= 0.3 is 0 Å². The molecule has 1 aromatic carbocycles. The molecule has 0 heterocycles. The van der Waals surface area contributed by atoms with E-state index in [0.717, 1.165) is 6.07 Å². The molecule has 0 aliphatic heterocycles. The molecule has 4 heteroatoms. The van der Waals surface area contributed by atoms with Gasteiger partial charge in [-0.2, -0.15) is 0 Å². The quantitative estimate of drug-likeness (QED) is 0.862. The highest BCUT2D eigenvalue weighted by Crippen LogP contribution is 2.47. The molecular formula is C14H17F2NO. The minimum Gasteiger partial charge on any atom is -0.346 e. The molecule has 18 heavy (non-hydrogen) atoms. The van der Waals surface area contributed by atoms with Crippen LogP contribution in [0.25, 0.3) is 0 Å². The summed E-state index contributed by atoms with van der Waals surface area (Å²) in [5, 5.41) is 2.88. The third kappa shape index (κ3) is 2.37. The van der Waals surface area contributed by atoms with E-state index in [-0.39, 0.29) is 5.91 Å². The van der Waals surface area contributed by atoms with E-state index < -0.39 is 22.6 Å². The van der Waals surface area contributed by atoms with E-state index in [1.165, 1.54) is 12.1 Å². The predicted octanol–water partition coefficient (Wildman–Crippen LogP) is 3.12. The molecule has 0 spiro atoms. The van der Waals surface area contributed by atoms with Gasteiger partial charge in [-0.3, -0.25) is 4.79 Å². The Balaban J connectivity index is 2.25. The largest absolute Gasteiger partial charge is 0.346 e. The van der Waals surface area contributed by atoms with Crippen LogP contribution in [0.15, 0.2) is 18.2 Å². The molecule has 1 N–H and O–H groups in total. The van der Waals surface area contributed by atoms with E-state index >= 15 is 0 Å². The summed E-state index contributed by atoms with van der Waals surface area (Å²) >= 11 is 0. The molecule has 1 amide bonds. The normalized spacial score (nSPS) is 17.4. The number of amides is 1. The highest BCUT2D eigenvalue weighted by atomic mass is 19.1. The first kappa shape index (κ1) is 13.0. The fourth-order valence-corrected chi connectivity index (χ4v) is 1.87. The molecule has 0 unspecified atom stereocenters. The van der Waals surface area contributed by atoms with Gasteiger partial charge in [-0.25, -0.2) is 8.78 Å². The van der Waals surface area contributed by atoms with Gasteiger partial charge in [0.25, 0.3) is 0 Å². The van der Waals surface area contributed by atoms with Gasteiger partial charge in [0.1, 0.15) is 11.6 Å². The van der Waals surface area contributed by atoms with E-state index in [2.05, 4.69) is 5.32 Å². The Bertz CT molecular complexity index is 487. The number of nitrogens with one attached hydrogen (secondary N) is 1. The Hall–Kier alpha value is -1.45. The van der Waals surface area contributed by atoms with Crippen LogP contribution in [0.3, 0.4) is 0 Å². The highest BCUT2D eigenvalue weighted by molar-refractivity contribution is 5.82. The molecule has 2 rings (SSSR count). The number of carbonyl (C=O) groups is 1. The van der Waals surface area contributed by atoms with Gasteiger partial charge in [0.15, 0.2) is 0 Å². The minimum atomic E-state index is -0.637. The van der Waals surface area contributed by atoms with Gasteiger partial charge in [-0.05, 0) is 18.9 Å². The van der Waals surface area contributed by atoms with Crippen LogP contribution >= 0.6 is 0 Å². The number of benzene rings is 1. The Kier molecular flexibility index (Phi) is 2.92. The number of hydrogen-bond donors (Lipinski definition) is 1. The second-order valence-electron chi connectivity index (χ2n) is 5.91. The summed E-state index contributed by atoms with van der Waals surface area (Å²) in [5.41, 5.74) is -0.782. The first-order valence-electron chi connectivity index (χ1n) is 6.03. The van der Waals surface area contributed by atoms with Crippen molar-refractivity contribution in [1.82, 2.24) is 5.32 Å². The second-order valence-corrected chi connectivity index (χ2v) is 5.91. The third-order valence-corrected chi connectivity index (χ3v) is 3.23. The van der Waals surface area contributed by atoms with Gasteiger partial charge in [0, 0.05) is 17.0 Å². The molecule has 1 fully saturated rings. The van der Waals surface area contributed by atoms with Crippen molar-refractivity contribution in [3.63, 3.8) is 0 Å². The van der Waals surface area contributed by atoms with E-state index in [0.29, 0.717) is 18.4 Å². The lowest BCUT2D eigenvalue weighted by atomic mass is 9.94. The van der Waals surface area contributed by atoms with Crippen molar-refractivity contribution in [3.05, 3.63) is 35.4 Å². The summed E-state index contributed by atoms with van der Waals surface area (Å²) in [4.78, 5) is 12.0. The predicted molar refractivity (Wildman–Crippen MR) is 64.9 cm³/mol. The molecule has 98 valence electrons. The molecule has 1 aliphatic carbocycles. The molecule has 1 aromatic rings. The van der Waals surface area contributed by atoms with Crippen LogP contribution in [0.2, 0.25) is 0 Å². The summed E-state index contributed by atoms with van der Waals surface area (Å²) in [6, 6.07) is 3.50. The van der Waals surface area contributed by atoms with Crippen LogP contribution in [0.5, 0.6) is 0 Å². The monoisotopic (exact) mass is 253 g/mol.